The minimum absolute atomic E-state index is 0.495. The highest BCUT2D eigenvalue weighted by molar-refractivity contribution is 6.35. The SMILES string of the molecule is Cn1ncnc1CNc1ccc2nnc(-c3cc(Cl)cc(Cl)c3)n2n1. The molecule has 3 heterocycles. The molecular formula is C15H12Cl2N8. The van der Waals surface area contributed by atoms with E-state index in [1.54, 1.807) is 27.4 Å². The predicted molar refractivity (Wildman–Crippen MR) is 94.6 cm³/mol. The van der Waals surface area contributed by atoms with Gasteiger partial charge in [-0.1, -0.05) is 23.2 Å². The molecule has 0 saturated heterocycles. The Balaban J connectivity index is 1.69. The van der Waals surface area contributed by atoms with E-state index < -0.39 is 0 Å². The third-order valence-corrected chi connectivity index (χ3v) is 4.05. The quantitative estimate of drug-likeness (QED) is 0.590. The van der Waals surface area contributed by atoms with E-state index in [9.17, 15) is 0 Å². The molecule has 126 valence electrons. The fourth-order valence-electron chi connectivity index (χ4n) is 2.40. The second-order valence-electron chi connectivity index (χ2n) is 5.32. The van der Waals surface area contributed by atoms with E-state index in [-0.39, 0.29) is 0 Å². The highest BCUT2D eigenvalue weighted by Crippen LogP contribution is 2.26. The van der Waals surface area contributed by atoms with Gasteiger partial charge in [-0.15, -0.1) is 15.3 Å². The molecule has 0 atom stereocenters. The summed E-state index contributed by atoms with van der Waals surface area (Å²) in [4.78, 5) is 4.17. The summed E-state index contributed by atoms with van der Waals surface area (Å²) in [5.74, 6) is 2.01. The molecule has 0 saturated carbocycles. The molecule has 1 N–H and O–H groups in total. The maximum absolute atomic E-state index is 6.08. The number of nitrogens with zero attached hydrogens (tertiary/aromatic N) is 7. The van der Waals surface area contributed by atoms with Crippen LogP contribution in [0.4, 0.5) is 5.82 Å². The third-order valence-electron chi connectivity index (χ3n) is 3.62. The number of hydrogen-bond donors (Lipinski definition) is 1. The molecule has 0 spiro atoms. The standard InChI is InChI=1S/C15H12Cl2N8/c1-24-14(19-8-20-24)7-18-12-2-3-13-21-22-15(25(13)23-12)9-4-10(16)6-11(17)5-9/h2-6,8H,7H2,1H3,(H,18,23). The van der Waals surface area contributed by atoms with E-state index in [1.807, 2.05) is 19.2 Å². The second-order valence-corrected chi connectivity index (χ2v) is 6.20. The van der Waals surface area contributed by atoms with Crippen molar-refractivity contribution in [1.29, 1.82) is 0 Å². The number of aryl methyl sites for hydroxylation is 1. The summed E-state index contributed by atoms with van der Waals surface area (Å²) >= 11 is 12.2. The minimum Gasteiger partial charge on any atom is -0.361 e. The van der Waals surface area contributed by atoms with Gasteiger partial charge in [-0.2, -0.15) is 9.61 Å². The van der Waals surface area contributed by atoms with Crippen LogP contribution in [0, 0.1) is 0 Å². The van der Waals surface area contributed by atoms with Crippen molar-refractivity contribution >= 4 is 34.7 Å². The topological polar surface area (TPSA) is 85.8 Å². The van der Waals surface area contributed by atoms with Crippen LogP contribution in [0.5, 0.6) is 0 Å². The van der Waals surface area contributed by atoms with Crippen molar-refractivity contribution in [3.8, 4) is 11.4 Å². The van der Waals surface area contributed by atoms with Crippen LogP contribution >= 0.6 is 23.2 Å². The summed E-state index contributed by atoms with van der Waals surface area (Å²) in [6, 6.07) is 8.86. The number of anilines is 1. The van der Waals surface area contributed by atoms with Crippen LogP contribution in [0.3, 0.4) is 0 Å². The summed E-state index contributed by atoms with van der Waals surface area (Å²) in [5.41, 5.74) is 1.36. The zero-order chi connectivity index (χ0) is 17.4. The Morgan fingerprint density at radius 3 is 2.60 bits per heavy atom. The molecule has 1 aromatic carbocycles. The molecule has 0 bridgehead atoms. The van der Waals surface area contributed by atoms with Crippen molar-refractivity contribution in [2.75, 3.05) is 5.32 Å². The molecule has 0 fully saturated rings. The summed E-state index contributed by atoms with van der Waals surface area (Å²) in [5, 5.41) is 21.2. The summed E-state index contributed by atoms with van der Waals surface area (Å²) in [6.07, 6.45) is 1.51. The van der Waals surface area contributed by atoms with Gasteiger partial charge in [0, 0.05) is 22.7 Å². The van der Waals surface area contributed by atoms with Gasteiger partial charge in [0.15, 0.2) is 11.5 Å². The largest absolute Gasteiger partial charge is 0.361 e. The monoisotopic (exact) mass is 374 g/mol. The molecule has 0 radical (unpaired) electrons. The highest BCUT2D eigenvalue weighted by Gasteiger charge is 2.12. The number of nitrogens with one attached hydrogen (secondary N) is 1. The smallest absolute Gasteiger partial charge is 0.185 e. The molecule has 0 aliphatic carbocycles. The number of rotatable bonds is 4. The number of benzene rings is 1. The number of fused-ring (bicyclic) bond motifs is 1. The first-order chi connectivity index (χ1) is 12.1. The lowest BCUT2D eigenvalue weighted by Gasteiger charge is -2.06. The molecule has 0 aliphatic rings. The molecule has 0 unspecified atom stereocenters. The lowest BCUT2D eigenvalue weighted by Crippen LogP contribution is -2.09. The molecule has 0 amide bonds. The maximum atomic E-state index is 6.08. The van der Waals surface area contributed by atoms with Crippen LogP contribution in [0.2, 0.25) is 10.0 Å². The van der Waals surface area contributed by atoms with Crippen LogP contribution < -0.4 is 5.32 Å². The van der Waals surface area contributed by atoms with Crippen molar-refractivity contribution in [2.24, 2.45) is 7.05 Å². The van der Waals surface area contributed by atoms with Crippen LogP contribution in [-0.4, -0.2) is 34.6 Å². The van der Waals surface area contributed by atoms with Crippen molar-refractivity contribution in [2.45, 2.75) is 6.54 Å². The molecule has 8 nitrogen and oxygen atoms in total. The van der Waals surface area contributed by atoms with Gasteiger partial charge in [0.2, 0.25) is 0 Å². The fraction of sp³-hybridized carbons (Fsp3) is 0.133. The first kappa shape index (κ1) is 15.8. The van der Waals surface area contributed by atoms with Gasteiger partial charge in [-0.3, -0.25) is 4.68 Å². The highest BCUT2D eigenvalue weighted by atomic mass is 35.5. The first-order valence-electron chi connectivity index (χ1n) is 7.36. The molecule has 3 aromatic heterocycles. The average molecular weight is 375 g/mol. The Morgan fingerprint density at radius 1 is 1.08 bits per heavy atom. The molecular weight excluding hydrogens is 363 g/mol. The van der Waals surface area contributed by atoms with Gasteiger partial charge >= 0.3 is 0 Å². The summed E-state index contributed by atoms with van der Waals surface area (Å²) in [7, 11) is 1.83. The van der Waals surface area contributed by atoms with Gasteiger partial charge in [-0.25, -0.2) is 4.98 Å². The Morgan fingerprint density at radius 2 is 1.88 bits per heavy atom. The minimum atomic E-state index is 0.495. The average Bonchev–Trinajstić information content (AvgIpc) is 3.17. The fourth-order valence-corrected chi connectivity index (χ4v) is 2.92. The van der Waals surface area contributed by atoms with Gasteiger partial charge in [0.1, 0.15) is 18.0 Å². The molecule has 4 rings (SSSR count). The van der Waals surface area contributed by atoms with Gasteiger partial charge < -0.3 is 5.32 Å². The van der Waals surface area contributed by atoms with Crippen LogP contribution in [-0.2, 0) is 13.6 Å². The van der Waals surface area contributed by atoms with Gasteiger partial charge in [0.05, 0.1) is 6.54 Å². The lowest BCUT2D eigenvalue weighted by atomic mass is 10.2. The van der Waals surface area contributed by atoms with Crippen molar-refractivity contribution < 1.29 is 0 Å². The summed E-state index contributed by atoms with van der Waals surface area (Å²) < 4.78 is 3.34. The normalized spacial score (nSPS) is 11.2. The molecule has 10 heteroatoms. The van der Waals surface area contributed by atoms with E-state index in [0.717, 1.165) is 11.4 Å². The Hall–Kier alpha value is -2.71. The predicted octanol–water partition coefficient (Wildman–Crippen LogP) is 2.84. The van der Waals surface area contributed by atoms with Gasteiger partial charge in [0.25, 0.3) is 0 Å². The number of aromatic nitrogens is 7. The van der Waals surface area contributed by atoms with E-state index in [2.05, 4.69) is 30.7 Å². The van der Waals surface area contributed by atoms with Crippen LogP contribution in [0.1, 0.15) is 5.82 Å². The van der Waals surface area contributed by atoms with E-state index in [1.165, 1.54) is 6.33 Å². The molecule has 4 aromatic rings. The summed E-state index contributed by atoms with van der Waals surface area (Å²) in [6.45, 7) is 0.495. The Labute approximate surface area is 152 Å². The second kappa shape index (κ2) is 6.30. The third kappa shape index (κ3) is 3.13. The Bertz CT molecular complexity index is 1030. The van der Waals surface area contributed by atoms with E-state index >= 15 is 0 Å². The van der Waals surface area contributed by atoms with E-state index in [4.69, 9.17) is 23.2 Å². The van der Waals surface area contributed by atoms with Crippen molar-refractivity contribution in [3.63, 3.8) is 0 Å². The lowest BCUT2D eigenvalue weighted by molar-refractivity contribution is 0.710. The van der Waals surface area contributed by atoms with E-state index in [0.29, 0.717) is 33.9 Å². The van der Waals surface area contributed by atoms with Crippen molar-refractivity contribution in [1.82, 2.24) is 34.6 Å². The van der Waals surface area contributed by atoms with Gasteiger partial charge in [-0.05, 0) is 30.3 Å². The number of halogens is 2. The van der Waals surface area contributed by atoms with Crippen molar-refractivity contribution in [3.05, 3.63) is 52.5 Å². The molecule has 25 heavy (non-hydrogen) atoms. The molecule has 0 aliphatic heterocycles. The van der Waals surface area contributed by atoms with Crippen LogP contribution in [0.15, 0.2) is 36.7 Å². The Kier molecular flexibility index (Phi) is 3.98. The first-order valence-corrected chi connectivity index (χ1v) is 8.11. The zero-order valence-corrected chi connectivity index (χ0v) is 14.6. The number of hydrogen-bond acceptors (Lipinski definition) is 6. The zero-order valence-electron chi connectivity index (χ0n) is 13.1. The maximum Gasteiger partial charge on any atom is 0.185 e. The van der Waals surface area contributed by atoms with Crippen LogP contribution in [0.25, 0.3) is 17.0 Å².